The Morgan fingerprint density at radius 2 is 2.25 bits per heavy atom. The summed E-state index contributed by atoms with van der Waals surface area (Å²) in [6.07, 6.45) is 0.501. The Kier molecular flexibility index (Phi) is 2.68. The fourth-order valence-corrected chi connectivity index (χ4v) is 2.26. The number of hydrogen-bond donors (Lipinski definition) is 3. The molecular weight excluding hydrogens is 194 g/mol. The Hall–Kier alpha value is 0.160. The lowest BCUT2D eigenvalue weighted by Gasteiger charge is -2.42. The highest BCUT2D eigenvalue weighted by Gasteiger charge is 2.44. The van der Waals surface area contributed by atoms with Crippen molar-refractivity contribution in [3.63, 3.8) is 0 Å². The third-order valence-electron chi connectivity index (χ3n) is 2.02. The normalized spacial score (nSPS) is 31.5. The first kappa shape index (κ1) is 10.2. The lowest BCUT2D eigenvalue weighted by atomic mass is 9.92. The van der Waals surface area contributed by atoms with Crippen molar-refractivity contribution in [1.82, 2.24) is 5.32 Å². The average molecular weight is 207 g/mol. The number of nitrogens with one attached hydrogen (secondary N) is 1. The minimum Gasteiger partial charge on any atom is -0.385 e. The molecule has 1 unspecified atom stereocenters. The van der Waals surface area contributed by atoms with E-state index in [0.29, 0.717) is 10.7 Å². The Morgan fingerprint density at radius 3 is 2.58 bits per heavy atom. The maximum atomic E-state index is 9.92. The average Bonchev–Trinajstić information content (AvgIpc) is 1.83. The van der Waals surface area contributed by atoms with Gasteiger partial charge in [0.1, 0.15) is 9.92 Å². The number of rotatable bonds is 1. The van der Waals surface area contributed by atoms with Crippen LogP contribution in [0.4, 0.5) is 0 Å². The molecule has 1 aliphatic heterocycles. The largest absolute Gasteiger partial charge is 0.385 e. The van der Waals surface area contributed by atoms with E-state index < -0.39 is 11.3 Å². The Bertz CT molecular complexity index is 202. The van der Waals surface area contributed by atoms with Crippen LogP contribution in [-0.2, 0) is 0 Å². The minimum atomic E-state index is -1.27. The van der Waals surface area contributed by atoms with Crippen molar-refractivity contribution in [2.24, 2.45) is 0 Å². The zero-order valence-electron chi connectivity index (χ0n) is 7.13. The second-order valence-corrected chi connectivity index (χ2v) is 5.20. The summed E-state index contributed by atoms with van der Waals surface area (Å²) in [5.74, 6) is 0.742. The molecule has 12 heavy (non-hydrogen) atoms. The highest BCUT2D eigenvalue weighted by Crippen LogP contribution is 2.29. The summed E-state index contributed by atoms with van der Waals surface area (Å²) >= 11 is 6.39. The molecule has 3 nitrogen and oxygen atoms in total. The molecule has 5 heteroatoms. The van der Waals surface area contributed by atoms with Crippen LogP contribution in [0.15, 0.2) is 0 Å². The van der Waals surface area contributed by atoms with Crippen molar-refractivity contribution < 1.29 is 10.2 Å². The fourth-order valence-electron chi connectivity index (χ4n) is 1.02. The quantitative estimate of drug-likeness (QED) is 0.545. The molecule has 70 valence electrons. The number of thiocarbonyl (C=S) groups is 1. The van der Waals surface area contributed by atoms with Crippen LogP contribution >= 0.6 is 24.0 Å². The predicted molar refractivity (Wildman–Crippen MR) is 54.1 cm³/mol. The van der Waals surface area contributed by atoms with Gasteiger partial charge < -0.3 is 15.5 Å². The smallest absolute Gasteiger partial charge is 0.165 e. The van der Waals surface area contributed by atoms with Gasteiger partial charge in [-0.15, -0.1) is 0 Å². The molecule has 0 aromatic carbocycles. The number of thioether (sulfide) groups is 1. The van der Waals surface area contributed by atoms with E-state index in [2.05, 4.69) is 5.32 Å². The molecule has 0 aromatic heterocycles. The van der Waals surface area contributed by atoms with E-state index in [1.165, 1.54) is 11.8 Å². The molecule has 1 rings (SSSR count). The van der Waals surface area contributed by atoms with Crippen LogP contribution in [0.25, 0.3) is 0 Å². The summed E-state index contributed by atoms with van der Waals surface area (Å²) < 4.78 is 0.547. The molecule has 0 radical (unpaired) electrons. The molecule has 1 heterocycles. The van der Waals surface area contributed by atoms with Gasteiger partial charge >= 0.3 is 0 Å². The van der Waals surface area contributed by atoms with Crippen LogP contribution in [0.1, 0.15) is 20.3 Å². The maximum Gasteiger partial charge on any atom is 0.165 e. The monoisotopic (exact) mass is 207 g/mol. The molecule has 1 atom stereocenters. The summed E-state index contributed by atoms with van der Waals surface area (Å²) in [6.45, 7) is 3.14. The second kappa shape index (κ2) is 3.14. The van der Waals surface area contributed by atoms with Gasteiger partial charge in [-0.3, -0.25) is 0 Å². The highest BCUT2D eigenvalue weighted by molar-refractivity contribution is 8.23. The van der Waals surface area contributed by atoms with E-state index in [4.69, 9.17) is 12.2 Å². The van der Waals surface area contributed by atoms with Gasteiger partial charge in [-0.1, -0.05) is 24.0 Å². The van der Waals surface area contributed by atoms with Crippen molar-refractivity contribution in [3.8, 4) is 0 Å². The van der Waals surface area contributed by atoms with E-state index in [9.17, 15) is 10.2 Å². The van der Waals surface area contributed by atoms with Gasteiger partial charge in [-0.05, 0) is 13.8 Å². The molecule has 0 spiro atoms. The third-order valence-corrected chi connectivity index (χ3v) is 3.25. The molecule has 0 bridgehead atoms. The van der Waals surface area contributed by atoms with Crippen molar-refractivity contribution in [2.45, 2.75) is 31.6 Å². The first-order chi connectivity index (χ1) is 5.35. The van der Waals surface area contributed by atoms with Gasteiger partial charge in [-0.2, -0.15) is 0 Å². The first-order valence-electron chi connectivity index (χ1n) is 3.75. The van der Waals surface area contributed by atoms with Crippen LogP contribution in [0, 0.1) is 0 Å². The lowest BCUT2D eigenvalue weighted by molar-refractivity contribution is -0.142. The van der Waals surface area contributed by atoms with Crippen molar-refractivity contribution in [3.05, 3.63) is 0 Å². The molecule has 0 saturated carbocycles. The van der Waals surface area contributed by atoms with Crippen LogP contribution < -0.4 is 5.32 Å². The van der Waals surface area contributed by atoms with Gasteiger partial charge in [0.05, 0.1) is 0 Å². The lowest BCUT2D eigenvalue weighted by Crippen LogP contribution is -2.63. The third kappa shape index (κ3) is 1.90. The second-order valence-electron chi connectivity index (χ2n) is 3.43. The Balaban J connectivity index is 2.77. The predicted octanol–water partition coefficient (Wildman–Crippen LogP) is 0.457. The molecule has 3 N–H and O–H groups in total. The van der Waals surface area contributed by atoms with Crippen LogP contribution in [0.2, 0.25) is 0 Å². The molecule has 0 aliphatic carbocycles. The van der Waals surface area contributed by atoms with Crippen molar-refractivity contribution in [1.29, 1.82) is 0 Å². The van der Waals surface area contributed by atoms with Gasteiger partial charge in [0, 0.05) is 12.2 Å². The topological polar surface area (TPSA) is 52.5 Å². The molecule has 1 fully saturated rings. The molecule has 1 saturated heterocycles. The standard InChI is InChI=1S/C7H13NO2S2/c1-6(2,9)7(10)3-4-12-5(11)8-7/h9-10H,3-4H2,1-2H3,(H,8,11). The van der Waals surface area contributed by atoms with Gasteiger partial charge in [0.25, 0.3) is 0 Å². The summed E-state index contributed by atoms with van der Waals surface area (Å²) in [6, 6.07) is 0. The minimum absolute atomic E-state index is 0.501. The Morgan fingerprint density at radius 1 is 1.67 bits per heavy atom. The van der Waals surface area contributed by atoms with E-state index in [-0.39, 0.29) is 0 Å². The fraction of sp³-hybridized carbons (Fsp3) is 0.857. The summed E-state index contributed by atoms with van der Waals surface area (Å²) in [5.41, 5.74) is -2.44. The summed E-state index contributed by atoms with van der Waals surface area (Å²) in [7, 11) is 0. The Labute approximate surface area is 81.5 Å². The van der Waals surface area contributed by atoms with E-state index in [0.717, 1.165) is 5.75 Å². The van der Waals surface area contributed by atoms with Crippen molar-refractivity contribution >= 4 is 28.3 Å². The van der Waals surface area contributed by atoms with E-state index in [1.54, 1.807) is 13.8 Å². The summed E-state index contributed by atoms with van der Waals surface area (Å²) in [4.78, 5) is 0. The number of aliphatic hydroxyl groups is 2. The van der Waals surface area contributed by atoms with Crippen molar-refractivity contribution in [2.75, 3.05) is 5.75 Å². The molecule has 0 amide bonds. The SMILES string of the molecule is CC(C)(O)C1(O)CCSC(=S)N1. The van der Waals surface area contributed by atoms with Gasteiger partial charge in [0.2, 0.25) is 0 Å². The van der Waals surface area contributed by atoms with Crippen LogP contribution in [0.5, 0.6) is 0 Å². The number of hydrogen-bond acceptors (Lipinski definition) is 4. The zero-order chi connectivity index (χ0) is 9.41. The van der Waals surface area contributed by atoms with Crippen LogP contribution in [0.3, 0.4) is 0 Å². The summed E-state index contributed by atoms with van der Waals surface area (Å²) in [5, 5.41) is 22.3. The molecule has 1 aliphatic rings. The first-order valence-corrected chi connectivity index (χ1v) is 5.14. The molecular formula is C7H13NO2S2. The van der Waals surface area contributed by atoms with Gasteiger partial charge in [0.15, 0.2) is 5.72 Å². The van der Waals surface area contributed by atoms with E-state index >= 15 is 0 Å². The van der Waals surface area contributed by atoms with Crippen LogP contribution in [-0.4, -0.2) is 31.6 Å². The highest BCUT2D eigenvalue weighted by atomic mass is 32.2. The maximum absolute atomic E-state index is 9.92. The molecule has 0 aromatic rings. The van der Waals surface area contributed by atoms with E-state index in [1.807, 2.05) is 0 Å². The van der Waals surface area contributed by atoms with Gasteiger partial charge in [-0.25, -0.2) is 0 Å². The zero-order valence-corrected chi connectivity index (χ0v) is 8.76.